The number of nitrogens with two attached hydrogens (primary N) is 1. The summed E-state index contributed by atoms with van der Waals surface area (Å²) < 4.78 is 47.0. The van der Waals surface area contributed by atoms with Crippen LogP contribution in [0, 0.1) is 5.82 Å². The Morgan fingerprint density at radius 2 is 1.56 bits per heavy atom. The van der Waals surface area contributed by atoms with E-state index in [0.29, 0.717) is 22.7 Å². The number of likely N-dealkylation sites (tertiary alicyclic amines) is 1. The highest BCUT2D eigenvalue weighted by Gasteiger charge is 2.35. The number of urea groups is 1. The van der Waals surface area contributed by atoms with Gasteiger partial charge in [0.15, 0.2) is 0 Å². The van der Waals surface area contributed by atoms with E-state index in [0.717, 1.165) is 33.2 Å². The number of halogens is 3. The fourth-order valence-corrected chi connectivity index (χ4v) is 5.28. The van der Waals surface area contributed by atoms with Gasteiger partial charge in [-0.05, 0) is 70.8 Å². The lowest BCUT2D eigenvalue weighted by Gasteiger charge is -2.31. The minimum atomic E-state index is -2.73. The van der Waals surface area contributed by atoms with Crippen LogP contribution in [0.2, 0.25) is 0 Å². The molecule has 1 aliphatic heterocycles. The van der Waals surface area contributed by atoms with Gasteiger partial charge in [-0.25, -0.2) is 22.9 Å². The van der Waals surface area contributed by atoms with Crippen molar-refractivity contribution in [2.45, 2.75) is 31.9 Å². The number of anilines is 1. The Morgan fingerprint density at radius 3 is 2.24 bits per heavy atom. The predicted octanol–water partition coefficient (Wildman–Crippen LogP) is 6.75. The van der Waals surface area contributed by atoms with Crippen molar-refractivity contribution >= 4 is 28.7 Å². The summed E-state index contributed by atoms with van der Waals surface area (Å²) in [6.45, 7) is 0.434. The van der Waals surface area contributed by atoms with Crippen molar-refractivity contribution in [3.8, 4) is 22.3 Å². The number of nitrogen functional groups attached to an aromatic ring is 1. The zero-order chi connectivity index (χ0) is 31.6. The summed E-state index contributed by atoms with van der Waals surface area (Å²) >= 11 is 0. The Morgan fingerprint density at radius 1 is 0.867 bits per heavy atom. The van der Waals surface area contributed by atoms with Crippen molar-refractivity contribution < 1.29 is 27.2 Å². The Kier molecular flexibility index (Phi) is 8.16. The van der Waals surface area contributed by atoms with Crippen LogP contribution in [0.4, 0.5) is 23.8 Å². The number of hydrogen-bond donors (Lipinski definition) is 3. The average molecular weight is 614 g/mol. The second-order valence-corrected chi connectivity index (χ2v) is 11.0. The molecule has 2 aromatic heterocycles. The number of hydrogen-bond acceptors (Lipinski definition) is 5. The maximum atomic E-state index is 13.8. The molecule has 0 atom stereocenters. The molecular weight excluding hydrogens is 583 g/mol. The van der Waals surface area contributed by atoms with Gasteiger partial charge < -0.3 is 25.7 Å². The van der Waals surface area contributed by atoms with Crippen molar-refractivity contribution in [3.63, 3.8) is 0 Å². The third-order valence-electron chi connectivity index (χ3n) is 7.79. The number of benzene rings is 3. The van der Waals surface area contributed by atoms with Crippen LogP contribution in [0.3, 0.4) is 0 Å². The van der Waals surface area contributed by atoms with Gasteiger partial charge in [-0.2, -0.15) is 0 Å². The second kappa shape index (κ2) is 12.4. The van der Waals surface area contributed by atoms with Gasteiger partial charge in [-0.1, -0.05) is 30.3 Å². The van der Waals surface area contributed by atoms with Gasteiger partial charge in [0.1, 0.15) is 23.0 Å². The molecule has 0 saturated carbocycles. The van der Waals surface area contributed by atoms with Crippen LogP contribution in [0.1, 0.15) is 34.5 Å². The zero-order valence-electron chi connectivity index (χ0n) is 24.2. The van der Waals surface area contributed by atoms with Gasteiger partial charge in [0, 0.05) is 55.2 Å². The number of aromatic nitrogens is 1. The van der Waals surface area contributed by atoms with Crippen molar-refractivity contribution in [2.75, 3.05) is 18.8 Å². The van der Waals surface area contributed by atoms with Gasteiger partial charge in [-0.3, -0.25) is 4.79 Å². The van der Waals surface area contributed by atoms with E-state index in [1.54, 1.807) is 42.6 Å². The standard InChI is InChI=1S/C34H30F3N5O3/c35-27-8-6-23(7-9-27)29-17-25(22-2-4-24(5-3-22)32(43)42-13-11-34(36,37)12-14-42)15-26-16-28(45-31(26)29)20-41-33(44)40-19-21-1-10-30(38)39-18-21/h1-10,15-18H,11-14,19-20H2,(H2,38,39)(H2,40,41,44). The number of carbonyl (C=O) groups excluding carboxylic acids is 2. The Balaban J connectivity index is 1.22. The molecule has 0 unspecified atom stereocenters. The van der Waals surface area contributed by atoms with Gasteiger partial charge in [-0.15, -0.1) is 0 Å². The van der Waals surface area contributed by atoms with Gasteiger partial charge in [0.05, 0.1) is 6.54 Å². The summed E-state index contributed by atoms with van der Waals surface area (Å²) in [4.78, 5) is 30.8. The fourth-order valence-electron chi connectivity index (χ4n) is 5.28. The lowest BCUT2D eigenvalue weighted by Crippen LogP contribution is -2.42. The van der Waals surface area contributed by atoms with Crippen LogP contribution >= 0.6 is 0 Å². The largest absolute Gasteiger partial charge is 0.459 e. The predicted molar refractivity (Wildman–Crippen MR) is 165 cm³/mol. The Bertz CT molecular complexity index is 1830. The molecule has 1 saturated heterocycles. The average Bonchev–Trinajstić information content (AvgIpc) is 3.46. The van der Waals surface area contributed by atoms with Crippen molar-refractivity contribution in [2.24, 2.45) is 0 Å². The molecule has 3 amide bonds. The van der Waals surface area contributed by atoms with Gasteiger partial charge in [0.2, 0.25) is 0 Å². The van der Waals surface area contributed by atoms with Crippen molar-refractivity contribution in [1.29, 1.82) is 0 Å². The summed E-state index contributed by atoms with van der Waals surface area (Å²) in [5.41, 5.74) is 10.5. The number of pyridine rings is 1. The van der Waals surface area contributed by atoms with E-state index in [-0.39, 0.29) is 56.8 Å². The first-order chi connectivity index (χ1) is 21.6. The molecule has 6 rings (SSSR count). The third kappa shape index (κ3) is 6.93. The highest BCUT2D eigenvalue weighted by molar-refractivity contribution is 5.98. The molecule has 230 valence electrons. The molecule has 3 heterocycles. The number of amides is 3. The maximum absolute atomic E-state index is 13.8. The lowest BCUT2D eigenvalue weighted by atomic mass is 9.96. The lowest BCUT2D eigenvalue weighted by molar-refractivity contribution is -0.0494. The molecule has 1 fully saturated rings. The number of carbonyl (C=O) groups is 2. The van der Waals surface area contributed by atoms with Gasteiger partial charge >= 0.3 is 6.03 Å². The Labute approximate surface area is 257 Å². The monoisotopic (exact) mass is 613 g/mol. The normalized spacial score (nSPS) is 14.3. The molecule has 11 heteroatoms. The number of fused-ring (bicyclic) bond motifs is 1. The quantitative estimate of drug-likeness (QED) is 0.188. The van der Waals surface area contributed by atoms with E-state index in [1.807, 2.05) is 30.3 Å². The van der Waals surface area contributed by atoms with Crippen LogP contribution in [-0.4, -0.2) is 40.8 Å². The van der Waals surface area contributed by atoms with Crippen LogP contribution in [-0.2, 0) is 13.1 Å². The number of rotatable bonds is 7. The van der Waals surface area contributed by atoms with Crippen LogP contribution < -0.4 is 16.4 Å². The minimum absolute atomic E-state index is 0.0185. The molecule has 8 nitrogen and oxygen atoms in total. The fraction of sp³-hybridized carbons (Fsp3) is 0.206. The maximum Gasteiger partial charge on any atom is 0.315 e. The van der Waals surface area contributed by atoms with E-state index >= 15 is 0 Å². The van der Waals surface area contributed by atoms with Crippen LogP contribution in [0.5, 0.6) is 0 Å². The molecule has 0 spiro atoms. The molecule has 45 heavy (non-hydrogen) atoms. The number of furan rings is 1. The second-order valence-electron chi connectivity index (χ2n) is 11.0. The van der Waals surface area contributed by atoms with Crippen molar-refractivity contribution in [3.05, 3.63) is 108 Å². The number of nitrogens with zero attached hydrogens (tertiary/aromatic N) is 2. The van der Waals surface area contributed by atoms with Crippen molar-refractivity contribution in [1.82, 2.24) is 20.5 Å². The van der Waals surface area contributed by atoms with Crippen LogP contribution in [0.15, 0.2) is 89.5 Å². The first-order valence-corrected chi connectivity index (χ1v) is 14.5. The third-order valence-corrected chi connectivity index (χ3v) is 7.79. The topological polar surface area (TPSA) is 113 Å². The summed E-state index contributed by atoms with van der Waals surface area (Å²) in [6, 6.07) is 21.8. The molecule has 0 bridgehead atoms. The molecule has 4 N–H and O–H groups in total. The molecule has 5 aromatic rings. The van der Waals surface area contributed by atoms with E-state index < -0.39 is 5.92 Å². The van der Waals surface area contributed by atoms with E-state index in [4.69, 9.17) is 10.2 Å². The smallest absolute Gasteiger partial charge is 0.315 e. The summed E-state index contributed by atoms with van der Waals surface area (Å²) in [5.74, 6) is -2.46. The summed E-state index contributed by atoms with van der Waals surface area (Å²) in [6.07, 6.45) is 0.918. The van der Waals surface area contributed by atoms with Crippen LogP contribution in [0.25, 0.3) is 33.2 Å². The molecule has 3 aromatic carbocycles. The molecule has 0 radical (unpaired) electrons. The number of nitrogens with one attached hydrogen (secondary N) is 2. The van der Waals surface area contributed by atoms with Gasteiger partial charge in [0.25, 0.3) is 11.8 Å². The highest BCUT2D eigenvalue weighted by Crippen LogP contribution is 2.36. The number of piperidine rings is 1. The number of alkyl halides is 2. The summed E-state index contributed by atoms with van der Waals surface area (Å²) in [7, 11) is 0. The van der Waals surface area contributed by atoms with E-state index in [1.165, 1.54) is 17.0 Å². The first kappa shape index (κ1) is 29.7. The SMILES string of the molecule is Nc1ccc(CNC(=O)NCc2cc3cc(-c4ccc(C(=O)N5CCC(F)(F)CC5)cc4)cc(-c4ccc(F)cc4)c3o2)cn1. The van der Waals surface area contributed by atoms with E-state index in [2.05, 4.69) is 15.6 Å². The minimum Gasteiger partial charge on any atom is -0.459 e. The highest BCUT2D eigenvalue weighted by atomic mass is 19.3. The molecule has 1 aliphatic rings. The molecule has 0 aliphatic carbocycles. The zero-order valence-corrected chi connectivity index (χ0v) is 24.2. The summed E-state index contributed by atoms with van der Waals surface area (Å²) in [5, 5.41) is 6.32. The molecular formula is C34H30F3N5O3. The Hall–Kier alpha value is -5.32. The van der Waals surface area contributed by atoms with E-state index in [9.17, 15) is 22.8 Å². The first-order valence-electron chi connectivity index (χ1n) is 14.5.